The molecule has 0 aromatic carbocycles. The van der Waals surface area contributed by atoms with Gasteiger partial charge in [-0.3, -0.25) is 4.79 Å². The van der Waals surface area contributed by atoms with Gasteiger partial charge in [-0.2, -0.15) is 11.3 Å². The molecule has 0 fully saturated rings. The number of carbonyl (C=O) groups excluding carboxylic acids is 1. The first-order valence-corrected chi connectivity index (χ1v) is 4.77. The quantitative estimate of drug-likeness (QED) is 0.736. The van der Waals surface area contributed by atoms with Gasteiger partial charge in [-0.15, -0.1) is 0 Å². The molecule has 0 spiro atoms. The summed E-state index contributed by atoms with van der Waals surface area (Å²) in [7, 11) is 0. The fourth-order valence-corrected chi connectivity index (χ4v) is 1.99. The van der Waals surface area contributed by atoms with Gasteiger partial charge in [-0.25, -0.2) is 0 Å². The number of thiophene rings is 1. The lowest BCUT2D eigenvalue weighted by Gasteiger charge is -1.98. The minimum atomic E-state index is -0.247. The molecule has 2 nitrogen and oxygen atoms in total. The van der Waals surface area contributed by atoms with E-state index in [1.807, 2.05) is 10.8 Å². The summed E-state index contributed by atoms with van der Waals surface area (Å²) in [5.74, 6) is -0.247. The molecular weight excluding hydrogens is 228 g/mol. The van der Waals surface area contributed by atoms with Crippen molar-refractivity contribution >= 4 is 33.2 Å². The molecule has 1 aromatic heterocycles. The van der Waals surface area contributed by atoms with Crippen LogP contribution in [0.25, 0.3) is 0 Å². The van der Waals surface area contributed by atoms with E-state index in [1.54, 1.807) is 11.3 Å². The Morgan fingerprint density at radius 3 is 2.91 bits per heavy atom. The molecule has 1 heterocycles. The van der Waals surface area contributed by atoms with E-state index in [1.165, 1.54) is 6.92 Å². The molecule has 0 aliphatic heterocycles. The summed E-state index contributed by atoms with van der Waals surface area (Å²) >= 11 is 4.92. The van der Waals surface area contributed by atoms with Gasteiger partial charge in [0.05, 0.1) is 0 Å². The maximum absolute atomic E-state index is 10.4. The lowest BCUT2D eigenvalue weighted by atomic mass is 10.4. The largest absolute Gasteiger partial charge is 0.461 e. The van der Waals surface area contributed by atoms with Crippen LogP contribution >= 0.6 is 27.3 Å². The molecule has 60 valence electrons. The molecule has 0 radical (unpaired) electrons. The predicted octanol–water partition coefficient (Wildman–Crippen LogP) is 2.57. The van der Waals surface area contributed by atoms with Crippen LogP contribution in [0.4, 0.5) is 0 Å². The molecule has 1 rings (SSSR count). The van der Waals surface area contributed by atoms with Crippen molar-refractivity contribution in [2.75, 3.05) is 0 Å². The van der Waals surface area contributed by atoms with Gasteiger partial charge >= 0.3 is 5.97 Å². The Bertz CT molecular complexity index is 257. The maximum atomic E-state index is 10.4. The normalized spacial score (nSPS) is 9.64. The van der Waals surface area contributed by atoms with Crippen molar-refractivity contribution in [2.24, 2.45) is 0 Å². The predicted molar refractivity (Wildman–Crippen MR) is 47.5 cm³/mol. The molecule has 0 saturated heterocycles. The molecule has 0 bridgehead atoms. The van der Waals surface area contributed by atoms with Crippen molar-refractivity contribution in [1.29, 1.82) is 0 Å². The van der Waals surface area contributed by atoms with E-state index in [4.69, 9.17) is 4.74 Å². The standard InChI is InChI=1S/C7H7BrO2S/c1-5(9)10-2-6-3-11-4-7(6)8/h3-4H,2H2,1H3. The van der Waals surface area contributed by atoms with Gasteiger partial charge in [0.1, 0.15) is 6.61 Å². The maximum Gasteiger partial charge on any atom is 0.302 e. The molecule has 0 aliphatic rings. The van der Waals surface area contributed by atoms with Gasteiger partial charge in [0.15, 0.2) is 0 Å². The van der Waals surface area contributed by atoms with Crippen molar-refractivity contribution in [3.05, 3.63) is 20.8 Å². The number of halogens is 1. The Morgan fingerprint density at radius 2 is 2.45 bits per heavy atom. The van der Waals surface area contributed by atoms with Gasteiger partial charge in [0.25, 0.3) is 0 Å². The Hall–Kier alpha value is -0.350. The lowest BCUT2D eigenvalue weighted by Crippen LogP contribution is -1.97. The van der Waals surface area contributed by atoms with Gasteiger partial charge in [-0.05, 0) is 21.3 Å². The Morgan fingerprint density at radius 1 is 1.73 bits per heavy atom. The fraction of sp³-hybridized carbons (Fsp3) is 0.286. The molecule has 1 aromatic rings. The van der Waals surface area contributed by atoms with Crippen LogP contribution in [0.15, 0.2) is 15.2 Å². The molecule has 0 atom stereocenters. The number of esters is 1. The molecule has 0 amide bonds. The molecule has 0 N–H and O–H groups in total. The zero-order valence-corrected chi connectivity index (χ0v) is 8.37. The van der Waals surface area contributed by atoms with Crippen LogP contribution in [-0.2, 0) is 16.1 Å². The van der Waals surface area contributed by atoms with Crippen molar-refractivity contribution in [1.82, 2.24) is 0 Å². The number of ether oxygens (including phenoxy) is 1. The molecule has 0 unspecified atom stereocenters. The van der Waals surface area contributed by atoms with Crippen molar-refractivity contribution in [2.45, 2.75) is 13.5 Å². The van der Waals surface area contributed by atoms with Crippen LogP contribution < -0.4 is 0 Å². The SMILES string of the molecule is CC(=O)OCc1cscc1Br. The molecule has 0 saturated carbocycles. The van der Waals surface area contributed by atoms with Gasteiger partial charge < -0.3 is 4.74 Å². The van der Waals surface area contributed by atoms with E-state index in [-0.39, 0.29) is 5.97 Å². The van der Waals surface area contributed by atoms with Crippen LogP contribution in [0.5, 0.6) is 0 Å². The molecular formula is C7H7BrO2S. The summed E-state index contributed by atoms with van der Waals surface area (Å²) < 4.78 is 5.81. The van der Waals surface area contributed by atoms with Crippen molar-refractivity contribution in [3.63, 3.8) is 0 Å². The number of hydrogen-bond donors (Lipinski definition) is 0. The highest BCUT2D eigenvalue weighted by Gasteiger charge is 2.01. The molecule has 4 heteroatoms. The van der Waals surface area contributed by atoms with Crippen LogP contribution in [0.1, 0.15) is 12.5 Å². The Kier molecular flexibility index (Phi) is 3.08. The topological polar surface area (TPSA) is 26.3 Å². The highest BCUT2D eigenvalue weighted by molar-refractivity contribution is 9.10. The highest BCUT2D eigenvalue weighted by atomic mass is 79.9. The van der Waals surface area contributed by atoms with E-state index in [0.717, 1.165) is 10.0 Å². The average molecular weight is 235 g/mol. The van der Waals surface area contributed by atoms with Crippen molar-refractivity contribution in [3.8, 4) is 0 Å². The first kappa shape index (κ1) is 8.74. The van der Waals surface area contributed by atoms with E-state index in [9.17, 15) is 4.79 Å². The summed E-state index contributed by atoms with van der Waals surface area (Å²) in [6.45, 7) is 1.76. The van der Waals surface area contributed by atoms with Crippen LogP contribution in [0, 0.1) is 0 Å². The first-order valence-electron chi connectivity index (χ1n) is 3.04. The monoisotopic (exact) mass is 234 g/mol. The number of rotatable bonds is 2. The van der Waals surface area contributed by atoms with Crippen LogP contribution in [0.2, 0.25) is 0 Å². The second kappa shape index (κ2) is 3.88. The summed E-state index contributed by atoms with van der Waals surface area (Å²) in [5, 5.41) is 3.91. The summed E-state index contributed by atoms with van der Waals surface area (Å²) in [6.07, 6.45) is 0. The second-order valence-electron chi connectivity index (χ2n) is 2.03. The third kappa shape index (κ3) is 2.63. The van der Waals surface area contributed by atoms with E-state index in [0.29, 0.717) is 6.61 Å². The number of carbonyl (C=O) groups is 1. The fourth-order valence-electron chi connectivity index (χ4n) is 0.590. The van der Waals surface area contributed by atoms with Crippen LogP contribution in [0.3, 0.4) is 0 Å². The first-order chi connectivity index (χ1) is 5.20. The smallest absolute Gasteiger partial charge is 0.302 e. The molecule has 11 heavy (non-hydrogen) atoms. The van der Waals surface area contributed by atoms with E-state index >= 15 is 0 Å². The van der Waals surface area contributed by atoms with Gasteiger partial charge in [-0.1, -0.05) is 0 Å². The summed E-state index contributed by atoms with van der Waals surface area (Å²) in [6, 6.07) is 0. The lowest BCUT2D eigenvalue weighted by molar-refractivity contribution is -0.142. The Labute approximate surface area is 77.3 Å². The minimum absolute atomic E-state index is 0.247. The zero-order valence-electron chi connectivity index (χ0n) is 5.96. The molecule has 0 aliphatic carbocycles. The summed E-state index contributed by atoms with van der Waals surface area (Å²) in [4.78, 5) is 10.4. The van der Waals surface area contributed by atoms with Crippen LogP contribution in [-0.4, -0.2) is 5.97 Å². The average Bonchev–Trinajstić information content (AvgIpc) is 2.31. The second-order valence-corrected chi connectivity index (χ2v) is 3.62. The summed E-state index contributed by atoms with van der Waals surface area (Å²) in [5.41, 5.74) is 1.02. The Balaban J connectivity index is 2.51. The highest BCUT2D eigenvalue weighted by Crippen LogP contribution is 2.21. The third-order valence-electron chi connectivity index (χ3n) is 1.12. The minimum Gasteiger partial charge on any atom is -0.461 e. The zero-order chi connectivity index (χ0) is 8.27. The van der Waals surface area contributed by atoms with Gasteiger partial charge in [0, 0.05) is 22.3 Å². The third-order valence-corrected chi connectivity index (χ3v) is 2.95. The van der Waals surface area contributed by atoms with Crippen molar-refractivity contribution < 1.29 is 9.53 Å². The van der Waals surface area contributed by atoms with Gasteiger partial charge in [0.2, 0.25) is 0 Å². The van der Waals surface area contributed by atoms with E-state index in [2.05, 4.69) is 15.9 Å². The number of hydrogen-bond acceptors (Lipinski definition) is 3. The van der Waals surface area contributed by atoms with E-state index < -0.39 is 0 Å².